The van der Waals surface area contributed by atoms with Crippen LogP contribution in [0.2, 0.25) is 5.02 Å². The Morgan fingerprint density at radius 3 is 2.75 bits per heavy atom. The molecule has 0 spiro atoms. The number of hydrogen-bond acceptors (Lipinski definition) is 3. The molecule has 3 rings (SSSR count). The molecule has 0 saturated carbocycles. The lowest BCUT2D eigenvalue weighted by atomic mass is 10.1. The Bertz CT molecular complexity index is 875. The third-order valence-electron chi connectivity index (χ3n) is 3.86. The zero-order chi connectivity index (χ0) is 17.1. The fourth-order valence-electron chi connectivity index (χ4n) is 2.34. The van der Waals surface area contributed by atoms with Gasteiger partial charge >= 0.3 is 0 Å². The summed E-state index contributed by atoms with van der Waals surface area (Å²) in [5.41, 5.74) is 3.54. The molecule has 1 amide bonds. The summed E-state index contributed by atoms with van der Waals surface area (Å²) in [5, 5.41) is 3.36. The van der Waals surface area contributed by atoms with E-state index in [4.69, 9.17) is 11.6 Å². The van der Waals surface area contributed by atoms with Crippen LogP contribution in [0.4, 0.5) is 0 Å². The second-order valence-corrected chi connectivity index (χ2v) is 6.00. The Balaban J connectivity index is 1.73. The molecule has 0 aliphatic rings. The van der Waals surface area contributed by atoms with E-state index in [1.165, 1.54) is 0 Å². The number of aromatic nitrogens is 3. The van der Waals surface area contributed by atoms with Crippen molar-refractivity contribution >= 4 is 17.5 Å². The van der Waals surface area contributed by atoms with Crippen molar-refractivity contribution in [2.75, 3.05) is 0 Å². The molecule has 0 aliphatic carbocycles. The summed E-state index contributed by atoms with van der Waals surface area (Å²) in [7, 11) is 0. The number of imidazole rings is 1. The van der Waals surface area contributed by atoms with E-state index in [1.807, 2.05) is 48.9 Å². The van der Waals surface area contributed by atoms with Crippen molar-refractivity contribution in [2.45, 2.75) is 20.4 Å². The van der Waals surface area contributed by atoms with Gasteiger partial charge in [0.15, 0.2) is 0 Å². The van der Waals surface area contributed by atoms with Crippen LogP contribution >= 0.6 is 11.6 Å². The fraction of sp³-hybridized carbons (Fsp3) is 0.167. The lowest BCUT2D eigenvalue weighted by Gasteiger charge is -2.10. The molecule has 0 aliphatic heterocycles. The van der Waals surface area contributed by atoms with Gasteiger partial charge in [0, 0.05) is 25.1 Å². The molecule has 0 unspecified atom stereocenters. The number of carbonyl (C=O) groups excluding carboxylic acids is 1. The summed E-state index contributed by atoms with van der Waals surface area (Å²) in [5.74, 6) is 0.563. The molecule has 2 heterocycles. The molecule has 0 bridgehead atoms. The molecule has 5 nitrogen and oxygen atoms in total. The van der Waals surface area contributed by atoms with Crippen LogP contribution in [0.15, 0.2) is 49.2 Å². The maximum Gasteiger partial charge on any atom is 0.253 e. The minimum absolute atomic E-state index is 0.191. The molecule has 1 N–H and O–H groups in total. The van der Waals surface area contributed by atoms with Crippen LogP contribution in [-0.2, 0) is 6.54 Å². The van der Waals surface area contributed by atoms with E-state index in [0.717, 1.165) is 22.5 Å². The second-order valence-electron chi connectivity index (χ2n) is 5.59. The first-order valence-electron chi connectivity index (χ1n) is 7.53. The number of rotatable bonds is 4. The highest BCUT2D eigenvalue weighted by atomic mass is 35.5. The third-order valence-corrected chi connectivity index (χ3v) is 4.17. The highest BCUT2D eigenvalue weighted by molar-refractivity contribution is 6.34. The Morgan fingerprint density at radius 2 is 2.00 bits per heavy atom. The quantitative estimate of drug-likeness (QED) is 0.791. The highest BCUT2D eigenvalue weighted by Gasteiger charge is 2.12. The van der Waals surface area contributed by atoms with Gasteiger partial charge in [-0.25, -0.2) is 9.97 Å². The molecular formula is C18H17ClN4O. The number of pyridine rings is 1. The molecule has 6 heteroatoms. The normalized spacial score (nSPS) is 10.6. The van der Waals surface area contributed by atoms with Crippen LogP contribution in [0, 0.1) is 13.8 Å². The molecule has 24 heavy (non-hydrogen) atoms. The van der Waals surface area contributed by atoms with Crippen molar-refractivity contribution in [1.29, 1.82) is 0 Å². The number of aryl methyl sites for hydroxylation is 2. The summed E-state index contributed by atoms with van der Waals surface area (Å²) >= 11 is 6.19. The SMILES string of the molecule is Cc1cc(Cl)c(C(=O)NCc2ccnc(-n3ccnc3)c2)cc1C. The molecule has 0 saturated heterocycles. The van der Waals surface area contributed by atoms with E-state index in [2.05, 4.69) is 15.3 Å². The number of nitrogens with one attached hydrogen (secondary N) is 1. The molecule has 0 fully saturated rings. The fourth-order valence-corrected chi connectivity index (χ4v) is 2.64. The molecule has 2 aromatic heterocycles. The summed E-state index contributed by atoms with van der Waals surface area (Å²) < 4.78 is 1.81. The Kier molecular flexibility index (Phi) is 4.62. The van der Waals surface area contributed by atoms with Crippen LogP contribution < -0.4 is 5.32 Å². The minimum Gasteiger partial charge on any atom is -0.348 e. The first-order valence-corrected chi connectivity index (χ1v) is 7.90. The van der Waals surface area contributed by atoms with E-state index >= 15 is 0 Å². The van der Waals surface area contributed by atoms with Crippen LogP contribution in [0.3, 0.4) is 0 Å². The van der Waals surface area contributed by atoms with Crippen LogP contribution in [0.1, 0.15) is 27.0 Å². The maximum atomic E-state index is 12.4. The molecule has 0 radical (unpaired) electrons. The van der Waals surface area contributed by atoms with Crippen molar-refractivity contribution < 1.29 is 4.79 Å². The maximum absolute atomic E-state index is 12.4. The molecule has 0 atom stereocenters. The Labute approximate surface area is 145 Å². The van der Waals surface area contributed by atoms with Gasteiger partial charge in [-0.3, -0.25) is 9.36 Å². The summed E-state index contributed by atoms with van der Waals surface area (Å²) in [6, 6.07) is 7.40. The number of carbonyl (C=O) groups is 1. The minimum atomic E-state index is -0.191. The van der Waals surface area contributed by atoms with Gasteiger partial charge in [-0.15, -0.1) is 0 Å². The zero-order valence-corrected chi connectivity index (χ0v) is 14.2. The summed E-state index contributed by atoms with van der Waals surface area (Å²) in [6.07, 6.45) is 6.90. The molecule has 3 aromatic rings. The van der Waals surface area contributed by atoms with Crippen molar-refractivity contribution in [2.24, 2.45) is 0 Å². The largest absolute Gasteiger partial charge is 0.348 e. The van der Waals surface area contributed by atoms with Crippen molar-refractivity contribution in [1.82, 2.24) is 19.9 Å². The van der Waals surface area contributed by atoms with Gasteiger partial charge in [-0.05, 0) is 54.8 Å². The number of amides is 1. The van der Waals surface area contributed by atoms with Crippen LogP contribution in [0.5, 0.6) is 0 Å². The summed E-state index contributed by atoms with van der Waals surface area (Å²) in [4.78, 5) is 20.7. The zero-order valence-electron chi connectivity index (χ0n) is 13.5. The predicted molar refractivity (Wildman–Crippen MR) is 93.5 cm³/mol. The lowest BCUT2D eigenvalue weighted by molar-refractivity contribution is 0.0951. The standard InChI is InChI=1S/C18H17ClN4O/c1-12-7-15(16(19)8-13(12)2)18(24)22-10-14-3-4-21-17(9-14)23-6-5-20-11-23/h3-9,11H,10H2,1-2H3,(H,22,24). The smallest absolute Gasteiger partial charge is 0.253 e. The van der Waals surface area contributed by atoms with Gasteiger partial charge in [0.25, 0.3) is 5.91 Å². The van der Waals surface area contributed by atoms with E-state index in [9.17, 15) is 4.79 Å². The van der Waals surface area contributed by atoms with E-state index < -0.39 is 0 Å². The van der Waals surface area contributed by atoms with Gasteiger partial charge in [-0.1, -0.05) is 11.6 Å². The third kappa shape index (κ3) is 3.46. The predicted octanol–water partition coefficient (Wildman–Crippen LogP) is 3.47. The van der Waals surface area contributed by atoms with E-state index in [1.54, 1.807) is 18.7 Å². The number of nitrogens with zero attached hydrogens (tertiary/aromatic N) is 3. The van der Waals surface area contributed by atoms with Gasteiger partial charge in [0.2, 0.25) is 0 Å². The first kappa shape index (κ1) is 16.2. The average molecular weight is 341 g/mol. The average Bonchev–Trinajstić information content (AvgIpc) is 3.11. The van der Waals surface area contributed by atoms with E-state index in [-0.39, 0.29) is 5.91 Å². The topological polar surface area (TPSA) is 59.8 Å². The molecule has 122 valence electrons. The molecule has 1 aromatic carbocycles. The second kappa shape index (κ2) is 6.84. The first-order chi connectivity index (χ1) is 11.5. The number of benzene rings is 1. The van der Waals surface area contributed by atoms with Crippen molar-refractivity contribution in [3.8, 4) is 5.82 Å². The Morgan fingerprint density at radius 1 is 1.21 bits per heavy atom. The van der Waals surface area contributed by atoms with Crippen LogP contribution in [-0.4, -0.2) is 20.4 Å². The summed E-state index contributed by atoms with van der Waals surface area (Å²) in [6.45, 7) is 4.33. The van der Waals surface area contributed by atoms with Gasteiger partial charge in [0.05, 0.1) is 10.6 Å². The Hall–Kier alpha value is -2.66. The van der Waals surface area contributed by atoms with Gasteiger partial charge < -0.3 is 5.32 Å². The number of hydrogen-bond donors (Lipinski definition) is 1. The highest BCUT2D eigenvalue weighted by Crippen LogP contribution is 2.21. The van der Waals surface area contributed by atoms with Gasteiger partial charge in [-0.2, -0.15) is 0 Å². The van der Waals surface area contributed by atoms with Gasteiger partial charge in [0.1, 0.15) is 12.1 Å². The molecular weight excluding hydrogens is 324 g/mol. The van der Waals surface area contributed by atoms with Crippen molar-refractivity contribution in [3.63, 3.8) is 0 Å². The number of halogens is 1. The lowest BCUT2D eigenvalue weighted by Crippen LogP contribution is -2.23. The monoisotopic (exact) mass is 340 g/mol. The van der Waals surface area contributed by atoms with Crippen molar-refractivity contribution in [3.05, 3.63) is 76.5 Å². The van der Waals surface area contributed by atoms with E-state index in [0.29, 0.717) is 17.1 Å². The van der Waals surface area contributed by atoms with Crippen LogP contribution in [0.25, 0.3) is 5.82 Å².